The molecule has 1 amide bonds. The van der Waals surface area contributed by atoms with Gasteiger partial charge in [0.2, 0.25) is 6.79 Å². The van der Waals surface area contributed by atoms with Crippen LogP contribution in [0, 0.1) is 0 Å². The summed E-state index contributed by atoms with van der Waals surface area (Å²) in [6.45, 7) is 0.692. The fourth-order valence-electron chi connectivity index (χ4n) is 2.54. The minimum Gasteiger partial charge on any atom is -0.454 e. The van der Waals surface area contributed by atoms with Crippen molar-refractivity contribution in [1.82, 2.24) is 10.2 Å². The lowest BCUT2D eigenvalue weighted by Gasteiger charge is -2.08. The summed E-state index contributed by atoms with van der Waals surface area (Å²) < 4.78 is 10.5. The number of ether oxygens (including phenoxy) is 2. The summed E-state index contributed by atoms with van der Waals surface area (Å²) in [4.78, 5) is 12.3. The van der Waals surface area contributed by atoms with Crippen molar-refractivity contribution in [2.75, 3.05) is 17.4 Å². The second-order valence-electron chi connectivity index (χ2n) is 5.77. The Hall–Kier alpha value is -3.32. The highest BCUT2D eigenvalue weighted by Crippen LogP contribution is 2.34. The Kier molecular flexibility index (Phi) is 4.76. The van der Waals surface area contributed by atoms with Crippen molar-refractivity contribution in [2.45, 2.75) is 6.54 Å². The van der Waals surface area contributed by atoms with Gasteiger partial charge in [-0.2, -0.15) is 0 Å². The van der Waals surface area contributed by atoms with Gasteiger partial charge in [-0.05, 0) is 35.9 Å². The highest BCUT2D eigenvalue weighted by atomic mass is 35.5. The van der Waals surface area contributed by atoms with Crippen LogP contribution >= 0.6 is 11.6 Å². The van der Waals surface area contributed by atoms with Crippen LogP contribution in [0.25, 0.3) is 0 Å². The number of amides is 1. The highest BCUT2D eigenvalue weighted by Gasteiger charge is 2.15. The Morgan fingerprint density at radius 1 is 1.04 bits per heavy atom. The smallest absolute Gasteiger partial charge is 0.276 e. The third kappa shape index (κ3) is 3.93. The van der Waals surface area contributed by atoms with Crippen LogP contribution in [-0.2, 0) is 6.54 Å². The molecule has 0 atom stereocenters. The Labute approximate surface area is 160 Å². The van der Waals surface area contributed by atoms with Crippen LogP contribution in [0.3, 0.4) is 0 Å². The van der Waals surface area contributed by atoms with Gasteiger partial charge in [0.05, 0.1) is 0 Å². The molecule has 27 heavy (non-hydrogen) atoms. The number of anilines is 2. The molecule has 0 saturated heterocycles. The molecule has 4 rings (SSSR count). The molecule has 136 valence electrons. The fraction of sp³-hybridized carbons (Fsp3) is 0.105. The van der Waals surface area contributed by atoms with Crippen LogP contribution < -0.4 is 20.1 Å². The molecule has 0 bridgehead atoms. The van der Waals surface area contributed by atoms with E-state index in [2.05, 4.69) is 20.8 Å². The Morgan fingerprint density at radius 2 is 1.89 bits per heavy atom. The van der Waals surface area contributed by atoms with Gasteiger partial charge in [0.25, 0.3) is 5.91 Å². The first-order valence-electron chi connectivity index (χ1n) is 8.21. The topological polar surface area (TPSA) is 85.4 Å². The van der Waals surface area contributed by atoms with Crippen LogP contribution in [0.1, 0.15) is 16.1 Å². The van der Waals surface area contributed by atoms with E-state index in [1.807, 2.05) is 24.3 Å². The number of carbonyl (C=O) groups is 1. The second-order valence-corrected chi connectivity index (χ2v) is 6.18. The lowest BCUT2D eigenvalue weighted by atomic mass is 10.2. The molecule has 1 aliphatic rings. The summed E-state index contributed by atoms with van der Waals surface area (Å²) in [6.07, 6.45) is 0. The van der Waals surface area contributed by atoms with Crippen molar-refractivity contribution in [3.05, 3.63) is 70.9 Å². The lowest BCUT2D eigenvalue weighted by Crippen LogP contribution is -2.15. The molecular weight excluding hydrogens is 368 g/mol. The quantitative estimate of drug-likeness (QED) is 0.699. The minimum absolute atomic E-state index is 0.181. The Morgan fingerprint density at radius 3 is 2.70 bits per heavy atom. The first-order chi connectivity index (χ1) is 13.2. The van der Waals surface area contributed by atoms with E-state index in [1.165, 1.54) is 0 Å². The number of nitrogens with one attached hydrogen (secondary N) is 2. The summed E-state index contributed by atoms with van der Waals surface area (Å²) in [7, 11) is 0. The van der Waals surface area contributed by atoms with Crippen molar-refractivity contribution < 1.29 is 14.3 Å². The largest absolute Gasteiger partial charge is 0.454 e. The zero-order valence-electron chi connectivity index (χ0n) is 14.1. The number of rotatable bonds is 5. The summed E-state index contributed by atoms with van der Waals surface area (Å²) in [5.41, 5.74) is 1.74. The van der Waals surface area contributed by atoms with Gasteiger partial charge in [0.15, 0.2) is 17.2 Å². The molecule has 0 radical (unpaired) electrons. The monoisotopic (exact) mass is 382 g/mol. The third-order valence-corrected chi connectivity index (χ3v) is 4.31. The zero-order valence-corrected chi connectivity index (χ0v) is 14.9. The van der Waals surface area contributed by atoms with Crippen LogP contribution in [0.4, 0.5) is 11.5 Å². The Balaban J connectivity index is 1.38. The summed E-state index contributed by atoms with van der Waals surface area (Å²) in [6, 6.07) is 16.0. The summed E-state index contributed by atoms with van der Waals surface area (Å²) in [5, 5.41) is 14.6. The van der Waals surface area contributed by atoms with Crippen LogP contribution in [0.15, 0.2) is 54.6 Å². The van der Waals surface area contributed by atoms with Gasteiger partial charge in [0, 0.05) is 23.3 Å². The predicted molar refractivity (Wildman–Crippen MR) is 101 cm³/mol. The van der Waals surface area contributed by atoms with E-state index < -0.39 is 0 Å². The molecule has 2 N–H and O–H groups in total. The number of hydrogen-bond donors (Lipinski definition) is 2. The highest BCUT2D eigenvalue weighted by molar-refractivity contribution is 6.31. The van der Waals surface area contributed by atoms with Crippen molar-refractivity contribution in [1.29, 1.82) is 0 Å². The number of carbonyl (C=O) groups excluding carboxylic acids is 1. The predicted octanol–water partition coefficient (Wildman–Crippen LogP) is 3.72. The van der Waals surface area contributed by atoms with Crippen molar-refractivity contribution >= 4 is 29.0 Å². The number of aromatic nitrogens is 2. The number of nitrogens with zero attached hydrogens (tertiary/aromatic N) is 2. The average molecular weight is 383 g/mol. The van der Waals surface area contributed by atoms with E-state index in [0.717, 1.165) is 5.56 Å². The van der Waals surface area contributed by atoms with E-state index in [9.17, 15) is 4.79 Å². The molecule has 2 aromatic carbocycles. The molecule has 0 fully saturated rings. The van der Waals surface area contributed by atoms with Gasteiger partial charge in [-0.3, -0.25) is 4.79 Å². The minimum atomic E-state index is -0.362. The van der Waals surface area contributed by atoms with Crippen LogP contribution in [0.2, 0.25) is 5.02 Å². The third-order valence-electron chi connectivity index (χ3n) is 3.95. The van der Waals surface area contributed by atoms with Gasteiger partial charge in [-0.25, -0.2) is 0 Å². The van der Waals surface area contributed by atoms with Gasteiger partial charge in [-0.1, -0.05) is 29.8 Å². The molecule has 1 aliphatic heterocycles. The summed E-state index contributed by atoms with van der Waals surface area (Å²) >= 11 is 6.12. The first-order valence-corrected chi connectivity index (χ1v) is 8.59. The maximum atomic E-state index is 12.3. The standard InChI is InChI=1S/C19H15ClN4O3/c20-14-4-2-1-3-12(14)10-21-18-8-6-15(23-24-18)19(25)22-13-5-7-16-17(9-13)27-11-26-16/h1-9H,10-11H2,(H,21,24)(H,22,25). The van der Waals surface area contributed by atoms with Crippen molar-refractivity contribution in [3.63, 3.8) is 0 Å². The van der Waals surface area contributed by atoms with Gasteiger partial charge in [-0.15, -0.1) is 10.2 Å². The molecule has 0 saturated carbocycles. The molecule has 0 aliphatic carbocycles. The summed E-state index contributed by atoms with van der Waals surface area (Å²) in [5.74, 6) is 1.44. The zero-order chi connectivity index (χ0) is 18.6. The number of hydrogen-bond acceptors (Lipinski definition) is 6. The van der Waals surface area contributed by atoms with E-state index in [4.69, 9.17) is 21.1 Å². The molecule has 8 heteroatoms. The van der Waals surface area contributed by atoms with Crippen molar-refractivity contribution in [3.8, 4) is 11.5 Å². The second kappa shape index (κ2) is 7.51. The fourth-order valence-corrected chi connectivity index (χ4v) is 2.75. The number of halogens is 1. The van der Waals surface area contributed by atoms with Crippen LogP contribution in [0.5, 0.6) is 11.5 Å². The van der Waals surface area contributed by atoms with E-state index in [-0.39, 0.29) is 18.4 Å². The molecule has 0 spiro atoms. The van der Waals surface area contributed by atoms with Crippen molar-refractivity contribution in [2.24, 2.45) is 0 Å². The van der Waals surface area contributed by atoms with Gasteiger partial charge < -0.3 is 20.1 Å². The number of benzene rings is 2. The SMILES string of the molecule is O=C(Nc1ccc2c(c1)OCO2)c1ccc(NCc2ccccc2Cl)nn1. The van der Waals surface area contributed by atoms with E-state index in [1.54, 1.807) is 30.3 Å². The van der Waals surface area contributed by atoms with Gasteiger partial charge >= 0.3 is 0 Å². The molecular formula is C19H15ClN4O3. The van der Waals surface area contributed by atoms with E-state index in [0.29, 0.717) is 34.6 Å². The molecule has 3 aromatic rings. The average Bonchev–Trinajstić information content (AvgIpc) is 3.15. The van der Waals surface area contributed by atoms with Crippen LogP contribution in [-0.4, -0.2) is 22.9 Å². The molecule has 2 heterocycles. The normalized spacial score (nSPS) is 11.9. The lowest BCUT2D eigenvalue weighted by molar-refractivity contribution is 0.102. The molecule has 7 nitrogen and oxygen atoms in total. The maximum Gasteiger partial charge on any atom is 0.276 e. The molecule has 1 aromatic heterocycles. The number of fused-ring (bicyclic) bond motifs is 1. The Bertz CT molecular complexity index is 979. The maximum absolute atomic E-state index is 12.3. The first kappa shape index (κ1) is 17.1. The van der Waals surface area contributed by atoms with E-state index >= 15 is 0 Å². The molecule has 0 unspecified atom stereocenters. The van der Waals surface area contributed by atoms with Gasteiger partial charge in [0.1, 0.15) is 5.82 Å².